The molecule has 4 heteroatoms. The van der Waals surface area contributed by atoms with E-state index in [9.17, 15) is 9.59 Å². The van der Waals surface area contributed by atoms with Crippen molar-refractivity contribution >= 4 is 17.6 Å². The second-order valence-corrected chi connectivity index (χ2v) is 4.92. The van der Waals surface area contributed by atoms with E-state index < -0.39 is 0 Å². The number of carbonyl (C=O) groups excluding carboxylic acids is 2. The van der Waals surface area contributed by atoms with Crippen molar-refractivity contribution in [3.8, 4) is 5.75 Å². The van der Waals surface area contributed by atoms with Crippen LogP contribution in [-0.2, 0) is 6.61 Å². The molecule has 0 atom stereocenters. The number of aromatic nitrogens is 1. The molecule has 1 heterocycles. The fraction of sp³-hybridized carbons (Fsp3) is 0.167. The maximum Gasteiger partial charge on any atom is 0.178 e. The monoisotopic (exact) mass is 295 g/mol. The molecule has 4 nitrogen and oxygen atoms in total. The number of hydrogen-bond donors (Lipinski definition) is 0. The van der Waals surface area contributed by atoms with E-state index in [2.05, 4.69) is 11.6 Å². The van der Waals surface area contributed by atoms with Crippen LogP contribution < -0.4 is 4.74 Å². The molecule has 0 unspecified atom stereocenters. The second-order valence-electron chi connectivity index (χ2n) is 4.92. The molecule has 0 N–H and O–H groups in total. The van der Waals surface area contributed by atoms with Crippen molar-refractivity contribution in [1.29, 1.82) is 0 Å². The topological polar surface area (TPSA) is 56.3 Å². The van der Waals surface area contributed by atoms with Crippen molar-refractivity contribution in [3.63, 3.8) is 0 Å². The molecule has 0 saturated heterocycles. The summed E-state index contributed by atoms with van der Waals surface area (Å²) < 4.78 is 5.68. The largest absolute Gasteiger partial charge is 0.489 e. The number of pyridine rings is 1. The molecule has 2 aromatic rings. The van der Waals surface area contributed by atoms with E-state index in [1.165, 1.54) is 13.8 Å². The second kappa shape index (κ2) is 6.80. The lowest BCUT2D eigenvalue weighted by molar-refractivity contribution is 0.100. The summed E-state index contributed by atoms with van der Waals surface area (Å²) in [5, 5.41) is 0. The predicted octanol–water partition coefficient (Wildman–Crippen LogP) is 3.71. The van der Waals surface area contributed by atoms with Gasteiger partial charge in [-0.1, -0.05) is 36.9 Å². The Kier molecular flexibility index (Phi) is 4.84. The van der Waals surface area contributed by atoms with E-state index in [1.807, 2.05) is 24.3 Å². The van der Waals surface area contributed by atoms with Crippen LogP contribution in [0.2, 0.25) is 0 Å². The quantitative estimate of drug-likeness (QED) is 0.762. The number of rotatable bonds is 6. The van der Waals surface area contributed by atoms with Crippen LogP contribution in [0.3, 0.4) is 0 Å². The highest BCUT2D eigenvalue weighted by Crippen LogP contribution is 2.17. The maximum atomic E-state index is 11.5. The van der Waals surface area contributed by atoms with Crippen molar-refractivity contribution < 1.29 is 14.3 Å². The van der Waals surface area contributed by atoms with Crippen molar-refractivity contribution in [2.24, 2.45) is 0 Å². The van der Waals surface area contributed by atoms with Crippen molar-refractivity contribution in [1.82, 2.24) is 4.98 Å². The number of ether oxygens (including phenoxy) is 1. The van der Waals surface area contributed by atoms with Gasteiger partial charge in [0.15, 0.2) is 11.6 Å². The lowest BCUT2D eigenvalue weighted by Crippen LogP contribution is -2.06. The zero-order chi connectivity index (χ0) is 16.1. The Hall–Kier alpha value is -2.75. The molecule has 0 bridgehead atoms. The van der Waals surface area contributed by atoms with Crippen molar-refractivity contribution in [2.45, 2.75) is 20.5 Å². The summed E-state index contributed by atoms with van der Waals surface area (Å²) in [6.45, 7) is 6.86. The molecule has 1 aromatic carbocycles. The maximum absolute atomic E-state index is 11.5. The number of carbonyl (C=O) groups is 2. The number of benzene rings is 1. The van der Waals surface area contributed by atoms with E-state index >= 15 is 0 Å². The third kappa shape index (κ3) is 3.88. The Morgan fingerprint density at radius 1 is 1.09 bits per heavy atom. The number of Topliss-reactive ketones (excluding diaryl/α,β-unsaturated/α-hetero) is 2. The van der Waals surface area contributed by atoms with Crippen LogP contribution in [0.15, 0.2) is 43.0 Å². The molecule has 1 aromatic heterocycles. The molecule has 0 aliphatic carbocycles. The Morgan fingerprint density at radius 2 is 1.64 bits per heavy atom. The minimum absolute atomic E-state index is 0.205. The highest BCUT2D eigenvalue weighted by atomic mass is 16.5. The summed E-state index contributed by atoms with van der Waals surface area (Å²) in [5.74, 6) is 0.0461. The molecular weight excluding hydrogens is 278 g/mol. The molecule has 0 spiro atoms. The summed E-state index contributed by atoms with van der Waals surface area (Å²) in [6, 6.07) is 10.9. The first-order valence-electron chi connectivity index (χ1n) is 6.87. The van der Waals surface area contributed by atoms with Crippen LogP contribution in [0, 0.1) is 0 Å². The van der Waals surface area contributed by atoms with Crippen LogP contribution in [-0.4, -0.2) is 16.6 Å². The summed E-state index contributed by atoms with van der Waals surface area (Å²) >= 11 is 0. The molecule has 0 aliphatic heterocycles. The molecule has 0 radical (unpaired) electrons. The normalized spacial score (nSPS) is 10.1. The number of hydrogen-bond acceptors (Lipinski definition) is 4. The summed E-state index contributed by atoms with van der Waals surface area (Å²) in [4.78, 5) is 27.0. The van der Waals surface area contributed by atoms with Crippen LogP contribution in [0.1, 0.15) is 46.0 Å². The lowest BCUT2D eigenvalue weighted by atomic mass is 10.1. The molecular formula is C18H17NO3. The first kappa shape index (κ1) is 15.6. The van der Waals surface area contributed by atoms with Gasteiger partial charge in [-0.25, -0.2) is 4.98 Å². The Balaban J connectivity index is 2.18. The van der Waals surface area contributed by atoms with E-state index in [0.717, 1.165) is 11.1 Å². The fourth-order valence-corrected chi connectivity index (χ4v) is 1.87. The van der Waals surface area contributed by atoms with Gasteiger partial charge in [0.25, 0.3) is 0 Å². The molecule has 0 amide bonds. The van der Waals surface area contributed by atoms with Gasteiger partial charge in [0, 0.05) is 26.0 Å². The van der Waals surface area contributed by atoms with Gasteiger partial charge in [-0.2, -0.15) is 0 Å². The third-order valence-electron chi connectivity index (χ3n) is 3.14. The van der Waals surface area contributed by atoms with Gasteiger partial charge in [0.2, 0.25) is 0 Å². The first-order chi connectivity index (χ1) is 10.5. The van der Waals surface area contributed by atoms with Gasteiger partial charge < -0.3 is 4.74 Å². The van der Waals surface area contributed by atoms with Gasteiger partial charge in [0.05, 0.1) is 0 Å². The molecule has 22 heavy (non-hydrogen) atoms. The van der Waals surface area contributed by atoms with Crippen LogP contribution in [0.25, 0.3) is 6.08 Å². The highest BCUT2D eigenvalue weighted by molar-refractivity contribution is 5.96. The molecule has 0 aliphatic rings. The molecule has 2 rings (SSSR count). The number of ketones is 2. The zero-order valence-electron chi connectivity index (χ0n) is 12.6. The van der Waals surface area contributed by atoms with Gasteiger partial charge in [-0.3, -0.25) is 9.59 Å². The van der Waals surface area contributed by atoms with Crippen LogP contribution in [0.4, 0.5) is 0 Å². The number of nitrogens with zero attached hydrogens (tertiary/aromatic N) is 1. The van der Waals surface area contributed by atoms with Crippen molar-refractivity contribution in [3.05, 3.63) is 65.5 Å². The predicted molar refractivity (Wildman–Crippen MR) is 85.1 cm³/mol. The van der Waals surface area contributed by atoms with Gasteiger partial charge in [-0.15, -0.1) is 0 Å². The zero-order valence-corrected chi connectivity index (χ0v) is 12.6. The van der Waals surface area contributed by atoms with E-state index in [4.69, 9.17) is 4.74 Å². The van der Waals surface area contributed by atoms with E-state index in [-0.39, 0.29) is 23.0 Å². The Bertz CT molecular complexity index is 685. The van der Waals surface area contributed by atoms with E-state index in [0.29, 0.717) is 12.4 Å². The van der Waals surface area contributed by atoms with Gasteiger partial charge in [0.1, 0.15) is 23.7 Å². The fourth-order valence-electron chi connectivity index (χ4n) is 1.87. The van der Waals surface area contributed by atoms with Gasteiger partial charge in [-0.05, 0) is 11.1 Å². The van der Waals surface area contributed by atoms with Crippen LogP contribution >= 0.6 is 0 Å². The Morgan fingerprint density at radius 3 is 2.09 bits per heavy atom. The summed E-state index contributed by atoms with van der Waals surface area (Å²) in [7, 11) is 0. The van der Waals surface area contributed by atoms with Crippen LogP contribution in [0.5, 0.6) is 5.75 Å². The SMILES string of the molecule is C=Cc1ccc(COc2cc(C(C)=O)nc(C(C)=O)c2)cc1. The standard InChI is InChI=1S/C18H17NO3/c1-4-14-5-7-15(8-6-14)11-22-16-9-17(12(2)20)19-18(10-16)13(3)21/h4-10H,1,11H2,2-3H3. The smallest absolute Gasteiger partial charge is 0.178 e. The molecule has 112 valence electrons. The third-order valence-corrected chi connectivity index (χ3v) is 3.14. The first-order valence-corrected chi connectivity index (χ1v) is 6.87. The minimum atomic E-state index is -0.205. The van der Waals surface area contributed by atoms with Gasteiger partial charge >= 0.3 is 0 Å². The van der Waals surface area contributed by atoms with Crippen molar-refractivity contribution in [2.75, 3.05) is 0 Å². The molecule has 0 saturated carbocycles. The average Bonchev–Trinajstić information content (AvgIpc) is 2.53. The summed E-state index contributed by atoms with van der Waals surface area (Å²) in [6.07, 6.45) is 1.77. The minimum Gasteiger partial charge on any atom is -0.489 e. The van der Waals surface area contributed by atoms with E-state index in [1.54, 1.807) is 18.2 Å². The molecule has 0 fully saturated rings. The highest BCUT2D eigenvalue weighted by Gasteiger charge is 2.10. The summed E-state index contributed by atoms with van der Waals surface area (Å²) in [5.41, 5.74) is 2.47. The average molecular weight is 295 g/mol. The Labute approximate surface area is 129 Å². The lowest BCUT2D eigenvalue weighted by Gasteiger charge is -2.09.